The Balaban J connectivity index is 1.51. The van der Waals surface area contributed by atoms with Crippen molar-refractivity contribution in [1.29, 1.82) is 0 Å². The summed E-state index contributed by atoms with van der Waals surface area (Å²) in [5.74, 6) is -3.51. The molecule has 4 rings (SSSR count). The summed E-state index contributed by atoms with van der Waals surface area (Å²) in [7, 11) is 0. The maximum Gasteiger partial charge on any atom is 0.358 e. The van der Waals surface area contributed by atoms with Crippen LogP contribution in [0.2, 0.25) is 0 Å². The smallest absolute Gasteiger partial charge is 0.358 e. The van der Waals surface area contributed by atoms with Gasteiger partial charge in [0, 0.05) is 24.5 Å². The van der Waals surface area contributed by atoms with Crippen LogP contribution in [0.15, 0.2) is 34.5 Å². The molecule has 2 saturated heterocycles. The van der Waals surface area contributed by atoms with Crippen molar-refractivity contribution in [1.82, 2.24) is 15.2 Å². The molecule has 0 aromatic carbocycles. The van der Waals surface area contributed by atoms with Gasteiger partial charge in [-0.1, -0.05) is 17.8 Å². The Hall–Kier alpha value is -3.39. The van der Waals surface area contributed by atoms with Crippen molar-refractivity contribution < 1.29 is 33.5 Å². The Kier molecular flexibility index (Phi) is 6.85. The van der Waals surface area contributed by atoms with E-state index in [1.165, 1.54) is 29.7 Å². The summed E-state index contributed by atoms with van der Waals surface area (Å²) < 4.78 is 10.6. The number of nitrogens with one attached hydrogen (secondary N) is 1. The molecule has 12 nitrogen and oxygen atoms in total. The topological polar surface area (TPSA) is 163 Å². The fourth-order valence-corrected chi connectivity index (χ4v) is 5.60. The lowest BCUT2D eigenvalue weighted by Crippen LogP contribution is -2.71. The van der Waals surface area contributed by atoms with Crippen molar-refractivity contribution in [2.45, 2.75) is 43.9 Å². The van der Waals surface area contributed by atoms with Crippen LogP contribution in [0.5, 0.6) is 0 Å². The minimum atomic E-state index is -1.41. The molecular weight excluding hydrogens is 498 g/mol. The Bertz CT molecular complexity index is 1160. The molecule has 1 aromatic heterocycles. The van der Waals surface area contributed by atoms with E-state index in [1.807, 2.05) is 0 Å². The maximum absolute atomic E-state index is 13.1. The van der Waals surface area contributed by atoms with Crippen LogP contribution in [-0.2, 0) is 33.5 Å². The number of carbonyl (C=O) groups excluding carboxylic acids is 4. The van der Waals surface area contributed by atoms with Gasteiger partial charge in [0.25, 0.3) is 17.6 Å². The van der Waals surface area contributed by atoms with E-state index in [0.29, 0.717) is 11.3 Å². The number of fused-ring (bicyclic) bond motifs is 1. The third-order valence-electron chi connectivity index (χ3n) is 5.41. The number of carbonyl (C=O) groups is 4. The van der Waals surface area contributed by atoms with Gasteiger partial charge in [0.15, 0.2) is 10.8 Å². The molecule has 2 unspecified atom stereocenters. The number of nitrogens with two attached hydrogens (primary N) is 1. The van der Waals surface area contributed by atoms with E-state index in [1.54, 1.807) is 12.3 Å². The number of thioether (sulfide) groups is 1. The van der Waals surface area contributed by atoms with Gasteiger partial charge in [0.1, 0.15) is 29.4 Å². The fraction of sp³-hybridized carbons (Fsp3) is 0.429. The summed E-state index contributed by atoms with van der Waals surface area (Å²) in [4.78, 5) is 61.0. The zero-order valence-corrected chi connectivity index (χ0v) is 20.6. The standard InChI is InChI=1S/C21H23N5O7S2/c1-4-10-8-34-18-14(24-16(28)13(25-31-5-2)11-9-35-20(22)23-11)17(29)26(18)15(10)19(30)33-21(3)7-6-12(27)32-21/h4,9,14,18H,1,5-8H2,2-3H3,(H2,22,23)(H,24,28)/t14?,18-,21?/m1/s1. The lowest BCUT2D eigenvalue weighted by atomic mass is 10.0. The van der Waals surface area contributed by atoms with Crippen molar-refractivity contribution in [3.05, 3.63) is 35.0 Å². The van der Waals surface area contributed by atoms with Gasteiger partial charge in [-0.15, -0.1) is 23.1 Å². The predicted octanol–water partition coefficient (Wildman–Crippen LogP) is 0.902. The first-order valence-corrected chi connectivity index (χ1v) is 12.6. The molecule has 0 saturated carbocycles. The van der Waals surface area contributed by atoms with Crippen molar-refractivity contribution >= 4 is 57.7 Å². The number of allylic oxidation sites excluding steroid dienone is 1. The molecule has 1 aromatic rings. The summed E-state index contributed by atoms with van der Waals surface area (Å²) in [6, 6.07) is -0.927. The van der Waals surface area contributed by atoms with Gasteiger partial charge in [-0.25, -0.2) is 9.78 Å². The molecule has 4 heterocycles. The largest absolute Gasteiger partial charge is 0.423 e. The number of ether oxygens (including phenoxy) is 2. The molecule has 2 fully saturated rings. The summed E-state index contributed by atoms with van der Waals surface area (Å²) in [6.45, 7) is 7.14. The average molecular weight is 522 g/mol. The van der Waals surface area contributed by atoms with Crippen molar-refractivity contribution in [3.8, 4) is 0 Å². The number of nitrogen functional groups attached to an aromatic ring is 1. The zero-order valence-electron chi connectivity index (χ0n) is 18.9. The normalized spacial score (nSPS) is 26.0. The van der Waals surface area contributed by atoms with Gasteiger partial charge in [0.2, 0.25) is 0 Å². The molecule has 3 N–H and O–H groups in total. The quantitative estimate of drug-likeness (QED) is 0.217. The number of rotatable bonds is 8. The van der Waals surface area contributed by atoms with Crippen LogP contribution in [0.4, 0.5) is 5.13 Å². The van der Waals surface area contributed by atoms with Gasteiger partial charge in [-0.05, 0) is 12.5 Å². The van der Waals surface area contributed by atoms with E-state index < -0.39 is 41.0 Å². The summed E-state index contributed by atoms with van der Waals surface area (Å²) in [5.41, 5.74) is 6.28. The molecule has 0 bridgehead atoms. The second kappa shape index (κ2) is 9.70. The molecule has 2 amide bonds. The molecule has 3 aliphatic heterocycles. The van der Waals surface area contributed by atoms with E-state index in [0.717, 1.165) is 11.3 Å². The lowest BCUT2D eigenvalue weighted by Gasteiger charge is -2.49. The Morgan fingerprint density at radius 1 is 1.49 bits per heavy atom. The average Bonchev–Trinajstić information content (AvgIpc) is 3.40. The Morgan fingerprint density at radius 2 is 2.26 bits per heavy atom. The number of thiazole rings is 1. The summed E-state index contributed by atoms with van der Waals surface area (Å²) in [6.07, 6.45) is 1.81. The number of cyclic esters (lactones) is 1. The molecule has 3 aliphatic rings. The van der Waals surface area contributed by atoms with E-state index in [9.17, 15) is 19.2 Å². The summed E-state index contributed by atoms with van der Waals surface area (Å²) >= 11 is 2.49. The SMILES string of the molecule is C=CC1=C(C(=O)OC2(C)CCC(=O)O2)N2C(=O)C(NC(=O)C(=NOCC)c3csc(N)n3)[C@H]2SC1. The van der Waals surface area contributed by atoms with Crippen LogP contribution >= 0.6 is 23.1 Å². The highest BCUT2D eigenvalue weighted by Gasteiger charge is 2.55. The highest BCUT2D eigenvalue weighted by molar-refractivity contribution is 8.00. The predicted molar refractivity (Wildman–Crippen MR) is 127 cm³/mol. The zero-order chi connectivity index (χ0) is 25.3. The van der Waals surface area contributed by atoms with Crippen LogP contribution in [-0.4, -0.2) is 68.9 Å². The molecule has 186 valence electrons. The van der Waals surface area contributed by atoms with Crippen molar-refractivity contribution in [3.63, 3.8) is 0 Å². The molecule has 35 heavy (non-hydrogen) atoms. The number of nitrogens with zero attached hydrogens (tertiary/aromatic N) is 3. The molecule has 0 spiro atoms. The van der Waals surface area contributed by atoms with E-state index in [-0.39, 0.29) is 41.7 Å². The minimum Gasteiger partial charge on any atom is -0.423 e. The van der Waals surface area contributed by atoms with Gasteiger partial charge < -0.3 is 25.4 Å². The first-order valence-electron chi connectivity index (χ1n) is 10.6. The molecule has 0 radical (unpaired) electrons. The third-order valence-corrected chi connectivity index (χ3v) is 7.39. The Morgan fingerprint density at radius 3 is 2.86 bits per heavy atom. The fourth-order valence-electron chi connectivity index (χ4n) is 3.72. The molecule has 0 aliphatic carbocycles. The van der Waals surface area contributed by atoms with Gasteiger partial charge >= 0.3 is 11.9 Å². The van der Waals surface area contributed by atoms with E-state index >= 15 is 0 Å². The number of hydrogen-bond acceptors (Lipinski definition) is 12. The van der Waals surface area contributed by atoms with Gasteiger partial charge in [0.05, 0.1) is 6.42 Å². The number of anilines is 1. The molecular formula is C21H23N5O7S2. The van der Waals surface area contributed by atoms with E-state index in [4.69, 9.17) is 20.0 Å². The number of oxime groups is 1. The first-order chi connectivity index (χ1) is 16.7. The minimum absolute atomic E-state index is 0.0129. The van der Waals surface area contributed by atoms with Crippen LogP contribution < -0.4 is 11.1 Å². The highest BCUT2D eigenvalue weighted by atomic mass is 32.2. The second-order valence-corrected chi connectivity index (χ2v) is 9.86. The van der Waals surface area contributed by atoms with Gasteiger partial charge in [-0.3, -0.25) is 19.3 Å². The first kappa shape index (κ1) is 24.7. The van der Waals surface area contributed by atoms with Crippen molar-refractivity contribution in [2.75, 3.05) is 18.1 Å². The third kappa shape index (κ3) is 4.75. The van der Waals surface area contributed by atoms with Gasteiger partial charge in [-0.2, -0.15) is 0 Å². The number of hydrogen-bond donors (Lipinski definition) is 2. The van der Waals surface area contributed by atoms with E-state index in [2.05, 4.69) is 22.0 Å². The van der Waals surface area contributed by atoms with Crippen molar-refractivity contribution in [2.24, 2.45) is 5.16 Å². The molecule has 14 heteroatoms. The monoisotopic (exact) mass is 521 g/mol. The second-order valence-electron chi connectivity index (χ2n) is 7.86. The van der Waals surface area contributed by atoms with Crippen LogP contribution in [0, 0.1) is 0 Å². The van der Waals surface area contributed by atoms with Crippen LogP contribution in [0.1, 0.15) is 32.4 Å². The Labute approximate surface area is 208 Å². The molecule has 3 atom stereocenters. The number of esters is 2. The summed E-state index contributed by atoms with van der Waals surface area (Å²) in [5, 5.41) is 7.72. The number of aromatic nitrogens is 1. The highest BCUT2D eigenvalue weighted by Crippen LogP contribution is 2.42. The lowest BCUT2D eigenvalue weighted by molar-refractivity contribution is -0.206. The van der Waals surface area contributed by atoms with Crippen LogP contribution in [0.25, 0.3) is 0 Å². The van der Waals surface area contributed by atoms with Crippen LogP contribution in [0.3, 0.4) is 0 Å². The number of β-lactam (4-membered cyclic amide) rings is 1. The number of amides is 2. The maximum atomic E-state index is 13.1.